The van der Waals surface area contributed by atoms with Gasteiger partial charge in [-0.2, -0.15) is 0 Å². The zero-order valence-electron chi connectivity index (χ0n) is 8.18. The van der Waals surface area contributed by atoms with Crippen LogP contribution in [-0.2, 0) is 0 Å². The van der Waals surface area contributed by atoms with Crippen LogP contribution in [0.25, 0.3) is 0 Å². The zero-order chi connectivity index (χ0) is 10.8. The summed E-state index contributed by atoms with van der Waals surface area (Å²) in [5, 5.41) is 0. The van der Waals surface area contributed by atoms with E-state index in [1.165, 1.54) is 0 Å². The summed E-state index contributed by atoms with van der Waals surface area (Å²) in [4.78, 5) is 0. The van der Waals surface area contributed by atoms with Crippen molar-refractivity contribution in [2.24, 2.45) is 5.73 Å². The van der Waals surface area contributed by atoms with Gasteiger partial charge in [0.15, 0.2) is 11.6 Å². The Hall–Kier alpha value is -1.16. The van der Waals surface area contributed by atoms with Gasteiger partial charge in [0, 0.05) is 12.6 Å². The highest BCUT2D eigenvalue weighted by atomic mass is 19.1. The number of ether oxygens (including phenoxy) is 1. The topological polar surface area (TPSA) is 35.2 Å². The minimum Gasteiger partial charge on any atom is -0.483 e. The molecule has 14 heavy (non-hydrogen) atoms. The van der Waals surface area contributed by atoms with E-state index in [-0.39, 0.29) is 12.3 Å². The van der Waals surface area contributed by atoms with Crippen molar-refractivity contribution in [3.8, 4) is 5.75 Å². The van der Waals surface area contributed by atoms with Crippen molar-refractivity contribution >= 4 is 0 Å². The van der Waals surface area contributed by atoms with Crippen molar-refractivity contribution in [3.05, 3.63) is 29.8 Å². The number of halogens is 2. The molecule has 0 aromatic heterocycles. The van der Waals surface area contributed by atoms with Crippen molar-refractivity contribution in [1.82, 2.24) is 0 Å². The lowest BCUT2D eigenvalue weighted by molar-refractivity contribution is 0.112. The molecule has 0 amide bonds. The van der Waals surface area contributed by atoms with Crippen LogP contribution in [0.1, 0.15) is 13.8 Å². The molecule has 1 aromatic carbocycles. The SMILES string of the molecule is CC(C)(CN)Oc1cc(F)ccc1F. The molecule has 0 unspecified atom stereocenters. The number of nitrogens with two attached hydrogens (primary N) is 1. The summed E-state index contributed by atoms with van der Waals surface area (Å²) in [5.41, 5.74) is 4.70. The molecule has 1 rings (SSSR count). The van der Waals surface area contributed by atoms with Crippen LogP contribution >= 0.6 is 0 Å². The van der Waals surface area contributed by atoms with Gasteiger partial charge < -0.3 is 10.5 Å². The summed E-state index contributed by atoms with van der Waals surface area (Å²) < 4.78 is 31.1. The van der Waals surface area contributed by atoms with Gasteiger partial charge in [0.05, 0.1) is 0 Å². The first-order valence-corrected chi connectivity index (χ1v) is 4.29. The quantitative estimate of drug-likeness (QED) is 0.812. The molecule has 0 heterocycles. The third-order valence-corrected chi connectivity index (χ3v) is 1.77. The molecule has 0 saturated carbocycles. The average molecular weight is 201 g/mol. The maximum atomic E-state index is 13.1. The Kier molecular flexibility index (Phi) is 3.06. The van der Waals surface area contributed by atoms with Gasteiger partial charge in [0.25, 0.3) is 0 Å². The van der Waals surface area contributed by atoms with E-state index in [1.54, 1.807) is 13.8 Å². The molecular weight excluding hydrogens is 188 g/mol. The summed E-state index contributed by atoms with van der Waals surface area (Å²) in [6.45, 7) is 3.64. The van der Waals surface area contributed by atoms with Crippen molar-refractivity contribution in [1.29, 1.82) is 0 Å². The van der Waals surface area contributed by atoms with Crippen LogP contribution in [0.5, 0.6) is 5.75 Å². The first kappa shape index (κ1) is 10.9. The third-order valence-electron chi connectivity index (χ3n) is 1.77. The molecule has 0 saturated heterocycles. The normalized spacial score (nSPS) is 11.5. The molecular formula is C10H13F2NO. The van der Waals surface area contributed by atoms with Crippen LogP contribution in [0.2, 0.25) is 0 Å². The maximum Gasteiger partial charge on any atom is 0.165 e. The number of hydrogen-bond donors (Lipinski definition) is 1. The third kappa shape index (κ3) is 2.67. The van der Waals surface area contributed by atoms with Crippen LogP contribution in [0.4, 0.5) is 8.78 Å². The van der Waals surface area contributed by atoms with E-state index in [0.717, 1.165) is 18.2 Å². The predicted octanol–water partition coefficient (Wildman–Crippen LogP) is 2.08. The molecule has 0 bridgehead atoms. The fourth-order valence-corrected chi connectivity index (χ4v) is 0.895. The largest absolute Gasteiger partial charge is 0.483 e. The molecule has 0 radical (unpaired) electrons. The first-order valence-electron chi connectivity index (χ1n) is 4.29. The molecule has 2 N–H and O–H groups in total. The van der Waals surface area contributed by atoms with E-state index in [2.05, 4.69) is 0 Å². The van der Waals surface area contributed by atoms with Gasteiger partial charge in [-0.05, 0) is 26.0 Å². The highest BCUT2D eigenvalue weighted by Crippen LogP contribution is 2.22. The zero-order valence-corrected chi connectivity index (χ0v) is 8.18. The van der Waals surface area contributed by atoms with Gasteiger partial charge in [-0.25, -0.2) is 8.78 Å². The second-order valence-electron chi connectivity index (χ2n) is 3.64. The molecule has 0 atom stereocenters. The van der Waals surface area contributed by atoms with E-state index in [9.17, 15) is 8.78 Å². The number of hydrogen-bond acceptors (Lipinski definition) is 2. The number of rotatable bonds is 3. The van der Waals surface area contributed by atoms with E-state index >= 15 is 0 Å². The summed E-state index contributed by atoms with van der Waals surface area (Å²) in [5.74, 6) is -1.23. The Morgan fingerprint density at radius 1 is 1.36 bits per heavy atom. The molecule has 78 valence electrons. The molecule has 0 aliphatic heterocycles. The lowest BCUT2D eigenvalue weighted by atomic mass is 10.1. The highest BCUT2D eigenvalue weighted by Gasteiger charge is 2.19. The molecule has 0 spiro atoms. The smallest absolute Gasteiger partial charge is 0.165 e. The average Bonchev–Trinajstić information content (AvgIpc) is 2.11. The molecule has 0 fully saturated rings. The van der Waals surface area contributed by atoms with Crippen molar-refractivity contribution < 1.29 is 13.5 Å². The van der Waals surface area contributed by atoms with Crippen LogP contribution < -0.4 is 10.5 Å². The first-order chi connectivity index (χ1) is 6.44. The maximum absolute atomic E-state index is 13.1. The van der Waals surface area contributed by atoms with Gasteiger partial charge in [-0.15, -0.1) is 0 Å². The monoisotopic (exact) mass is 201 g/mol. The van der Waals surface area contributed by atoms with E-state index in [4.69, 9.17) is 10.5 Å². The second-order valence-corrected chi connectivity index (χ2v) is 3.64. The number of benzene rings is 1. The molecule has 4 heteroatoms. The van der Waals surface area contributed by atoms with Gasteiger partial charge in [0.1, 0.15) is 11.4 Å². The molecule has 0 aliphatic carbocycles. The van der Waals surface area contributed by atoms with E-state index in [1.807, 2.05) is 0 Å². The summed E-state index contributed by atoms with van der Waals surface area (Å²) in [6, 6.07) is 3.07. The minimum atomic E-state index is -0.700. The summed E-state index contributed by atoms with van der Waals surface area (Å²) in [7, 11) is 0. The van der Waals surface area contributed by atoms with Gasteiger partial charge in [-0.1, -0.05) is 0 Å². The Morgan fingerprint density at radius 3 is 2.57 bits per heavy atom. The summed E-state index contributed by atoms with van der Waals surface area (Å²) >= 11 is 0. The van der Waals surface area contributed by atoms with Crippen LogP contribution in [0.3, 0.4) is 0 Å². The fraction of sp³-hybridized carbons (Fsp3) is 0.400. The minimum absolute atomic E-state index is 0.111. The second kappa shape index (κ2) is 3.92. The molecule has 2 nitrogen and oxygen atoms in total. The Morgan fingerprint density at radius 2 is 2.00 bits per heavy atom. The van der Waals surface area contributed by atoms with Crippen LogP contribution in [-0.4, -0.2) is 12.1 Å². The standard InChI is InChI=1S/C10H13F2NO/c1-10(2,6-13)14-9-5-7(11)3-4-8(9)12/h3-5H,6,13H2,1-2H3. The van der Waals surface area contributed by atoms with Crippen LogP contribution in [0, 0.1) is 11.6 Å². The predicted molar refractivity (Wildman–Crippen MR) is 50.1 cm³/mol. The Balaban J connectivity index is 2.91. The lowest BCUT2D eigenvalue weighted by Crippen LogP contribution is -2.37. The van der Waals surface area contributed by atoms with Gasteiger partial charge >= 0.3 is 0 Å². The molecule has 0 aliphatic rings. The van der Waals surface area contributed by atoms with E-state index < -0.39 is 17.2 Å². The Labute approximate surface area is 81.7 Å². The fourth-order valence-electron chi connectivity index (χ4n) is 0.895. The van der Waals surface area contributed by atoms with Crippen molar-refractivity contribution in [2.45, 2.75) is 19.4 Å². The molecule has 1 aromatic rings. The highest BCUT2D eigenvalue weighted by molar-refractivity contribution is 5.25. The summed E-state index contributed by atoms with van der Waals surface area (Å²) in [6.07, 6.45) is 0. The van der Waals surface area contributed by atoms with E-state index in [0.29, 0.717) is 0 Å². The Bertz CT molecular complexity index is 326. The van der Waals surface area contributed by atoms with Gasteiger partial charge in [0.2, 0.25) is 0 Å². The van der Waals surface area contributed by atoms with Crippen LogP contribution in [0.15, 0.2) is 18.2 Å². The lowest BCUT2D eigenvalue weighted by Gasteiger charge is -2.24. The van der Waals surface area contributed by atoms with Gasteiger partial charge in [-0.3, -0.25) is 0 Å². The van der Waals surface area contributed by atoms with Crippen molar-refractivity contribution in [3.63, 3.8) is 0 Å². The van der Waals surface area contributed by atoms with Crippen molar-refractivity contribution in [2.75, 3.05) is 6.54 Å².